The number of aliphatic hydroxyl groups is 1. The third kappa shape index (κ3) is 4.45. The molecule has 1 saturated heterocycles. The Bertz CT molecular complexity index is 532. The summed E-state index contributed by atoms with van der Waals surface area (Å²) in [4.78, 5) is 13.8. The quantitative estimate of drug-likeness (QED) is 0.835. The van der Waals surface area contributed by atoms with Crippen LogP contribution in [-0.2, 0) is 11.2 Å². The van der Waals surface area contributed by atoms with Gasteiger partial charge in [-0.05, 0) is 37.0 Å². The van der Waals surface area contributed by atoms with Crippen LogP contribution in [0.4, 0.5) is 0 Å². The summed E-state index contributed by atoms with van der Waals surface area (Å²) in [6.45, 7) is 3.42. The fourth-order valence-electron chi connectivity index (χ4n) is 3.14. The average molecular weight is 321 g/mol. The Balaban J connectivity index is 1.90. The first-order valence-electron chi connectivity index (χ1n) is 8.24. The van der Waals surface area contributed by atoms with Crippen LogP contribution in [-0.4, -0.2) is 49.3 Å². The number of aliphatic hydroxyl groups excluding tert-OH is 1. The van der Waals surface area contributed by atoms with Crippen molar-refractivity contribution >= 4 is 5.78 Å². The summed E-state index contributed by atoms with van der Waals surface area (Å²) in [5, 5.41) is 10.3. The van der Waals surface area contributed by atoms with E-state index in [4.69, 9.17) is 9.47 Å². The summed E-state index contributed by atoms with van der Waals surface area (Å²) in [6, 6.07) is 5.89. The summed E-state index contributed by atoms with van der Waals surface area (Å²) in [6.07, 6.45) is 2.26. The van der Waals surface area contributed by atoms with Crippen LogP contribution in [0.15, 0.2) is 18.2 Å². The van der Waals surface area contributed by atoms with Crippen LogP contribution in [0.2, 0.25) is 0 Å². The van der Waals surface area contributed by atoms with E-state index < -0.39 is 6.23 Å². The molecule has 1 aliphatic rings. The lowest BCUT2D eigenvalue weighted by molar-refractivity contribution is -0.128. The van der Waals surface area contributed by atoms with Crippen LogP contribution in [0, 0.1) is 5.92 Å². The zero-order valence-electron chi connectivity index (χ0n) is 14.2. The van der Waals surface area contributed by atoms with Crippen molar-refractivity contribution in [1.82, 2.24) is 4.90 Å². The minimum atomic E-state index is -0.524. The summed E-state index contributed by atoms with van der Waals surface area (Å²) in [7, 11) is 3.25. The number of hydrogen-bond donors (Lipinski definition) is 1. The molecule has 0 radical (unpaired) electrons. The maximum Gasteiger partial charge on any atom is 0.160 e. The van der Waals surface area contributed by atoms with Gasteiger partial charge in [0.2, 0.25) is 0 Å². The number of likely N-dealkylation sites (tertiary alicyclic amines) is 1. The van der Waals surface area contributed by atoms with Gasteiger partial charge in [-0.15, -0.1) is 0 Å². The molecule has 0 bridgehead atoms. The molecular weight excluding hydrogens is 294 g/mol. The molecule has 0 aliphatic carbocycles. The van der Waals surface area contributed by atoms with Gasteiger partial charge in [-0.25, -0.2) is 0 Å². The molecule has 0 saturated carbocycles. The lowest BCUT2D eigenvalue weighted by atomic mass is 9.90. The zero-order chi connectivity index (χ0) is 16.8. The Morgan fingerprint density at radius 3 is 2.65 bits per heavy atom. The van der Waals surface area contributed by atoms with Crippen LogP contribution >= 0.6 is 0 Å². The highest BCUT2D eigenvalue weighted by Gasteiger charge is 2.29. The first-order chi connectivity index (χ1) is 11.1. The minimum absolute atomic E-state index is 0.0207. The highest BCUT2D eigenvalue weighted by Crippen LogP contribution is 2.28. The number of carbonyl (C=O) groups is 1. The maximum atomic E-state index is 11.8. The van der Waals surface area contributed by atoms with E-state index in [1.165, 1.54) is 0 Å². The third-order valence-corrected chi connectivity index (χ3v) is 4.62. The maximum absolute atomic E-state index is 11.8. The topological polar surface area (TPSA) is 59.0 Å². The van der Waals surface area contributed by atoms with Gasteiger partial charge in [-0.2, -0.15) is 0 Å². The second kappa shape index (κ2) is 8.31. The Labute approximate surface area is 138 Å². The van der Waals surface area contributed by atoms with E-state index >= 15 is 0 Å². The van der Waals surface area contributed by atoms with Gasteiger partial charge in [0, 0.05) is 25.4 Å². The number of piperidine rings is 1. The molecule has 1 heterocycles. The Kier molecular flexibility index (Phi) is 6.42. The van der Waals surface area contributed by atoms with Crippen LogP contribution < -0.4 is 9.47 Å². The normalized spacial score (nSPS) is 21.9. The van der Waals surface area contributed by atoms with Crippen molar-refractivity contribution in [1.29, 1.82) is 0 Å². The molecule has 1 aromatic carbocycles. The summed E-state index contributed by atoms with van der Waals surface area (Å²) in [5.41, 5.74) is 1.14. The molecule has 1 aromatic rings. The molecule has 0 amide bonds. The van der Waals surface area contributed by atoms with Crippen molar-refractivity contribution in [2.24, 2.45) is 5.92 Å². The zero-order valence-corrected chi connectivity index (χ0v) is 14.2. The van der Waals surface area contributed by atoms with E-state index in [1.54, 1.807) is 14.2 Å². The fourth-order valence-corrected chi connectivity index (χ4v) is 3.14. The predicted molar refractivity (Wildman–Crippen MR) is 88.9 cm³/mol. The van der Waals surface area contributed by atoms with Gasteiger partial charge in [0.05, 0.1) is 14.2 Å². The molecule has 0 spiro atoms. The number of ketones is 1. The first-order valence-corrected chi connectivity index (χ1v) is 8.24. The van der Waals surface area contributed by atoms with Crippen molar-refractivity contribution in [2.45, 2.75) is 38.8 Å². The van der Waals surface area contributed by atoms with Crippen LogP contribution in [0.25, 0.3) is 0 Å². The number of hydrogen-bond acceptors (Lipinski definition) is 5. The number of nitrogens with zero attached hydrogens (tertiary/aromatic N) is 1. The molecule has 5 heteroatoms. The highest BCUT2D eigenvalue weighted by molar-refractivity contribution is 5.80. The molecule has 1 aliphatic heterocycles. The highest BCUT2D eigenvalue weighted by atomic mass is 16.5. The molecule has 23 heavy (non-hydrogen) atoms. The average Bonchev–Trinajstić information content (AvgIpc) is 2.59. The standard InChI is InChI=1S/C18H27NO4/c1-4-15(20)14-8-10-19(18(21)12-14)9-7-13-5-6-16(22-2)17(11-13)23-3/h5-6,11,14,18,21H,4,7-10,12H2,1-3H3. The van der Waals surface area contributed by atoms with E-state index in [0.717, 1.165) is 43.0 Å². The first kappa shape index (κ1) is 17.8. The predicted octanol–water partition coefficient (Wildman–Crippen LogP) is 2.26. The van der Waals surface area contributed by atoms with Crippen molar-refractivity contribution in [3.8, 4) is 11.5 Å². The van der Waals surface area contributed by atoms with Crippen LogP contribution in [0.1, 0.15) is 31.7 Å². The van der Waals surface area contributed by atoms with Gasteiger partial charge >= 0.3 is 0 Å². The molecule has 2 unspecified atom stereocenters. The van der Waals surface area contributed by atoms with Crippen LogP contribution in [0.3, 0.4) is 0 Å². The van der Waals surface area contributed by atoms with Gasteiger partial charge < -0.3 is 14.6 Å². The molecule has 2 atom stereocenters. The van der Waals surface area contributed by atoms with Gasteiger partial charge in [0.15, 0.2) is 11.5 Å². The van der Waals surface area contributed by atoms with Gasteiger partial charge in [0.25, 0.3) is 0 Å². The molecule has 128 valence electrons. The Morgan fingerprint density at radius 1 is 1.30 bits per heavy atom. The Hall–Kier alpha value is -1.59. The second-order valence-corrected chi connectivity index (χ2v) is 6.00. The number of rotatable bonds is 7. The summed E-state index contributed by atoms with van der Waals surface area (Å²) < 4.78 is 10.6. The van der Waals surface area contributed by atoms with Crippen molar-refractivity contribution in [3.63, 3.8) is 0 Å². The number of benzene rings is 1. The van der Waals surface area contributed by atoms with Crippen LogP contribution in [0.5, 0.6) is 11.5 Å². The van der Waals surface area contributed by atoms with E-state index in [0.29, 0.717) is 12.8 Å². The van der Waals surface area contributed by atoms with Crippen molar-refractivity contribution < 1.29 is 19.4 Å². The minimum Gasteiger partial charge on any atom is -0.493 e. The SMILES string of the molecule is CCC(=O)C1CCN(CCc2ccc(OC)c(OC)c2)C(O)C1. The van der Waals surface area contributed by atoms with Gasteiger partial charge in [-0.1, -0.05) is 13.0 Å². The number of ether oxygens (including phenoxy) is 2. The largest absolute Gasteiger partial charge is 0.493 e. The molecular formula is C18H27NO4. The molecule has 5 nitrogen and oxygen atoms in total. The van der Waals surface area contributed by atoms with E-state index in [1.807, 2.05) is 25.1 Å². The smallest absolute Gasteiger partial charge is 0.160 e. The summed E-state index contributed by atoms with van der Waals surface area (Å²) in [5.74, 6) is 1.73. The van der Waals surface area contributed by atoms with Crippen molar-refractivity contribution in [2.75, 3.05) is 27.3 Å². The molecule has 1 fully saturated rings. The number of Topliss-reactive ketones (excluding diaryl/α,β-unsaturated/α-hetero) is 1. The number of methoxy groups -OCH3 is 2. The van der Waals surface area contributed by atoms with Crippen molar-refractivity contribution in [3.05, 3.63) is 23.8 Å². The van der Waals surface area contributed by atoms with Gasteiger partial charge in [0.1, 0.15) is 12.0 Å². The number of carbonyl (C=O) groups excluding carboxylic acids is 1. The monoisotopic (exact) mass is 321 g/mol. The summed E-state index contributed by atoms with van der Waals surface area (Å²) >= 11 is 0. The fraction of sp³-hybridized carbons (Fsp3) is 0.611. The lowest BCUT2D eigenvalue weighted by Crippen LogP contribution is -2.45. The Morgan fingerprint density at radius 2 is 2.04 bits per heavy atom. The lowest BCUT2D eigenvalue weighted by Gasteiger charge is -2.35. The third-order valence-electron chi connectivity index (χ3n) is 4.62. The van der Waals surface area contributed by atoms with Gasteiger partial charge in [-0.3, -0.25) is 9.69 Å². The second-order valence-electron chi connectivity index (χ2n) is 6.00. The van der Waals surface area contributed by atoms with E-state index in [9.17, 15) is 9.90 Å². The molecule has 0 aromatic heterocycles. The van der Waals surface area contributed by atoms with E-state index in [-0.39, 0.29) is 11.7 Å². The molecule has 2 rings (SSSR count). The van der Waals surface area contributed by atoms with E-state index in [2.05, 4.69) is 4.90 Å². The molecule has 1 N–H and O–H groups in total.